The predicted octanol–water partition coefficient (Wildman–Crippen LogP) is 3.96. The molecule has 10 nitrogen and oxygen atoms in total. The highest BCUT2D eigenvalue weighted by Gasteiger charge is 2.18. The number of nitro groups is 1. The number of ether oxygens (including phenoxy) is 4. The van der Waals surface area contributed by atoms with Crippen molar-refractivity contribution in [1.82, 2.24) is 0 Å². The third-order valence-corrected chi connectivity index (χ3v) is 4.51. The molecule has 0 saturated heterocycles. The van der Waals surface area contributed by atoms with E-state index in [0.29, 0.717) is 22.6 Å². The molecule has 0 unspecified atom stereocenters. The maximum atomic E-state index is 12.4. The Kier molecular flexibility index (Phi) is 8.62. The number of rotatable bonds is 10. The largest absolute Gasteiger partial charge is 0.494 e. The van der Waals surface area contributed by atoms with E-state index in [-0.39, 0.29) is 22.7 Å². The Hall–Kier alpha value is -3.34. The van der Waals surface area contributed by atoms with E-state index in [9.17, 15) is 19.7 Å². The number of carbonyl (C=O) groups is 2. The molecule has 0 aliphatic rings. The van der Waals surface area contributed by atoms with Crippen LogP contribution >= 0.6 is 15.9 Å². The number of halogens is 1. The van der Waals surface area contributed by atoms with Gasteiger partial charge >= 0.3 is 5.97 Å². The number of hydrogen-bond donors (Lipinski definition) is 1. The van der Waals surface area contributed by atoms with Crippen LogP contribution < -0.4 is 19.5 Å². The van der Waals surface area contributed by atoms with Crippen molar-refractivity contribution in [1.29, 1.82) is 0 Å². The van der Waals surface area contributed by atoms with Crippen LogP contribution in [-0.2, 0) is 9.53 Å². The molecule has 2 rings (SSSR count). The van der Waals surface area contributed by atoms with E-state index in [2.05, 4.69) is 21.2 Å². The zero-order valence-corrected chi connectivity index (χ0v) is 18.7. The van der Waals surface area contributed by atoms with Crippen LogP contribution in [0.25, 0.3) is 0 Å². The fraction of sp³-hybridized carbons (Fsp3) is 0.300. The van der Waals surface area contributed by atoms with E-state index in [1.165, 1.54) is 44.6 Å². The highest BCUT2D eigenvalue weighted by Crippen LogP contribution is 2.37. The summed E-state index contributed by atoms with van der Waals surface area (Å²) in [6, 6.07) is 6.68. The molecule has 0 aromatic heterocycles. The zero-order valence-electron chi connectivity index (χ0n) is 17.1. The van der Waals surface area contributed by atoms with Gasteiger partial charge in [0, 0.05) is 6.07 Å². The standard InChI is InChI=1S/C20H21BrN2O8/c1-4-7-30-19-14(21)8-12(9-17(19)29-3)20(25)31-11-18(24)22-15-6-5-13(23(26)27)10-16(15)28-2/h5-6,8-10H,4,7,11H2,1-3H3,(H,22,24). The Morgan fingerprint density at radius 3 is 2.45 bits per heavy atom. The molecule has 2 aromatic rings. The van der Waals surface area contributed by atoms with Gasteiger partial charge in [-0.05, 0) is 40.5 Å². The van der Waals surface area contributed by atoms with Crippen LogP contribution in [0.1, 0.15) is 23.7 Å². The van der Waals surface area contributed by atoms with Crippen LogP contribution in [0.5, 0.6) is 17.2 Å². The van der Waals surface area contributed by atoms with Gasteiger partial charge in [-0.1, -0.05) is 6.92 Å². The van der Waals surface area contributed by atoms with Crippen LogP contribution in [0.15, 0.2) is 34.8 Å². The molecule has 0 atom stereocenters. The molecule has 0 radical (unpaired) electrons. The van der Waals surface area contributed by atoms with Gasteiger partial charge in [-0.25, -0.2) is 4.79 Å². The quantitative estimate of drug-likeness (QED) is 0.297. The lowest BCUT2D eigenvalue weighted by atomic mass is 10.2. The number of amides is 1. The van der Waals surface area contributed by atoms with Gasteiger partial charge in [-0.2, -0.15) is 0 Å². The molecule has 1 N–H and O–H groups in total. The van der Waals surface area contributed by atoms with Gasteiger partial charge in [0.1, 0.15) is 5.75 Å². The van der Waals surface area contributed by atoms with E-state index < -0.39 is 23.4 Å². The van der Waals surface area contributed by atoms with Crippen LogP contribution in [0.2, 0.25) is 0 Å². The first-order valence-electron chi connectivity index (χ1n) is 9.10. The molecule has 0 bridgehead atoms. The molecular weight excluding hydrogens is 476 g/mol. The molecule has 0 spiro atoms. The van der Waals surface area contributed by atoms with Gasteiger partial charge in [0.25, 0.3) is 11.6 Å². The third kappa shape index (κ3) is 6.32. The first kappa shape index (κ1) is 23.9. The van der Waals surface area contributed by atoms with Gasteiger partial charge in [0.05, 0.1) is 47.5 Å². The number of non-ortho nitro benzene ring substituents is 1. The first-order valence-corrected chi connectivity index (χ1v) is 9.89. The van der Waals surface area contributed by atoms with Crippen molar-refractivity contribution >= 4 is 39.2 Å². The number of benzene rings is 2. The molecule has 0 heterocycles. The smallest absolute Gasteiger partial charge is 0.338 e. The second-order valence-electron chi connectivity index (χ2n) is 6.10. The summed E-state index contributed by atoms with van der Waals surface area (Å²) in [6.45, 7) is 1.86. The molecule has 0 aliphatic heterocycles. The van der Waals surface area contributed by atoms with Crippen molar-refractivity contribution < 1.29 is 33.5 Å². The zero-order chi connectivity index (χ0) is 23.0. The highest BCUT2D eigenvalue weighted by molar-refractivity contribution is 9.10. The Morgan fingerprint density at radius 1 is 1.13 bits per heavy atom. The summed E-state index contributed by atoms with van der Waals surface area (Å²) in [5.41, 5.74) is 0.177. The molecular formula is C20H21BrN2O8. The van der Waals surface area contributed by atoms with Gasteiger partial charge in [-0.15, -0.1) is 0 Å². The summed E-state index contributed by atoms with van der Waals surface area (Å²) < 4.78 is 21.5. The predicted molar refractivity (Wildman–Crippen MR) is 115 cm³/mol. The van der Waals surface area contributed by atoms with E-state index in [1.54, 1.807) is 0 Å². The molecule has 31 heavy (non-hydrogen) atoms. The molecule has 0 aliphatic carbocycles. The second kappa shape index (κ2) is 11.2. The minimum absolute atomic E-state index is 0.102. The van der Waals surface area contributed by atoms with Crippen molar-refractivity contribution in [3.05, 3.63) is 50.5 Å². The van der Waals surface area contributed by atoms with Gasteiger partial charge in [0.15, 0.2) is 18.1 Å². The third-order valence-electron chi connectivity index (χ3n) is 3.92. The van der Waals surface area contributed by atoms with Crippen molar-refractivity contribution in [2.75, 3.05) is 32.8 Å². The number of carbonyl (C=O) groups excluding carboxylic acids is 2. The number of nitrogens with one attached hydrogen (secondary N) is 1. The van der Waals surface area contributed by atoms with E-state index >= 15 is 0 Å². The summed E-state index contributed by atoms with van der Waals surface area (Å²) in [4.78, 5) is 34.8. The number of anilines is 1. The van der Waals surface area contributed by atoms with Crippen molar-refractivity contribution in [2.24, 2.45) is 0 Å². The number of nitro benzene ring substituents is 1. The minimum Gasteiger partial charge on any atom is -0.494 e. The number of esters is 1. The average Bonchev–Trinajstić information content (AvgIpc) is 2.76. The van der Waals surface area contributed by atoms with Crippen molar-refractivity contribution in [2.45, 2.75) is 13.3 Å². The SMILES string of the molecule is CCCOc1c(Br)cc(C(=O)OCC(=O)Nc2ccc([N+](=O)[O-])cc2OC)cc1OC. The molecule has 166 valence electrons. The average molecular weight is 497 g/mol. The Labute approximate surface area is 186 Å². The van der Waals surface area contributed by atoms with E-state index in [1.807, 2.05) is 6.92 Å². The Morgan fingerprint density at radius 2 is 1.84 bits per heavy atom. The lowest BCUT2D eigenvalue weighted by molar-refractivity contribution is -0.384. The fourth-order valence-electron chi connectivity index (χ4n) is 2.48. The van der Waals surface area contributed by atoms with Gasteiger partial charge < -0.3 is 24.3 Å². The fourth-order valence-corrected chi connectivity index (χ4v) is 3.04. The lowest BCUT2D eigenvalue weighted by Gasteiger charge is -2.14. The molecule has 1 amide bonds. The summed E-state index contributed by atoms with van der Waals surface area (Å²) in [5.74, 6) is -0.481. The van der Waals surface area contributed by atoms with Crippen molar-refractivity contribution in [3.8, 4) is 17.2 Å². The van der Waals surface area contributed by atoms with Crippen LogP contribution in [0.4, 0.5) is 11.4 Å². The van der Waals surface area contributed by atoms with Gasteiger partial charge in [0.2, 0.25) is 0 Å². The molecule has 0 saturated carbocycles. The van der Waals surface area contributed by atoms with E-state index in [4.69, 9.17) is 18.9 Å². The lowest BCUT2D eigenvalue weighted by Crippen LogP contribution is -2.21. The maximum Gasteiger partial charge on any atom is 0.338 e. The topological polar surface area (TPSA) is 126 Å². The van der Waals surface area contributed by atoms with E-state index in [0.717, 1.165) is 6.42 Å². The second-order valence-corrected chi connectivity index (χ2v) is 6.96. The monoisotopic (exact) mass is 496 g/mol. The molecule has 2 aromatic carbocycles. The number of hydrogen-bond acceptors (Lipinski definition) is 8. The summed E-state index contributed by atoms with van der Waals surface area (Å²) >= 11 is 3.34. The Bertz CT molecular complexity index is 980. The minimum atomic E-state index is -0.744. The Balaban J connectivity index is 2.05. The summed E-state index contributed by atoms with van der Waals surface area (Å²) in [6.07, 6.45) is 0.800. The van der Waals surface area contributed by atoms with Gasteiger partial charge in [-0.3, -0.25) is 14.9 Å². The van der Waals surface area contributed by atoms with Crippen LogP contribution in [-0.4, -0.2) is 44.2 Å². The normalized spacial score (nSPS) is 10.2. The van der Waals surface area contributed by atoms with Crippen LogP contribution in [0, 0.1) is 10.1 Å². The summed E-state index contributed by atoms with van der Waals surface area (Å²) in [5, 5.41) is 13.3. The highest BCUT2D eigenvalue weighted by atomic mass is 79.9. The molecule has 11 heteroatoms. The number of methoxy groups -OCH3 is 2. The maximum absolute atomic E-state index is 12.4. The summed E-state index contributed by atoms with van der Waals surface area (Å²) in [7, 11) is 2.76. The number of nitrogens with zero attached hydrogens (tertiary/aromatic N) is 1. The first-order chi connectivity index (χ1) is 14.8. The van der Waals surface area contributed by atoms with Crippen LogP contribution in [0.3, 0.4) is 0 Å². The van der Waals surface area contributed by atoms with Crippen molar-refractivity contribution in [3.63, 3.8) is 0 Å². The molecule has 0 fully saturated rings.